The first-order valence-corrected chi connectivity index (χ1v) is 8.90. The van der Waals surface area contributed by atoms with Gasteiger partial charge < -0.3 is 15.1 Å². The van der Waals surface area contributed by atoms with E-state index in [0.29, 0.717) is 5.41 Å². The summed E-state index contributed by atoms with van der Waals surface area (Å²) in [7, 11) is 0. The highest BCUT2D eigenvalue weighted by Crippen LogP contribution is 2.44. The van der Waals surface area contributed by atoms with E-state index < -0.39 is 0 Å². The number of anilines is 1. The second kappa shape index (κ2) is 7.20. The van der Waals surface area contributed by atoms with Gasteiger partial charge >= 0.3 is 6.03 Å². The molecular formula is C18H28N4O. The Morgan fingerprint density at radius 2 is 1.91 bits per heavy atom. The maximum absolute atomic E-state index is 12.4. The molecule has 1 aliphatic carbocycles. The molecule has 1 aromatic rings. The van der Waals surface area contributed by atoms with Crippen LogP contribution in [0, 0.1) is 5.41 Å². The van der Waals surface area contributed by atoms with Gasteiger partial charge in [0.15, 0.2) is 0 Å². The number of nitrogens with zero attached hydrogens (tertiary/aromatic N) is 3. The fraction of sp³-hybridized carbons (Fsp3) is 0.667. The first-order chi connectivity index (χ1) is 11.2. The molecule has 0 spiro atoms. The molecule has 126 valence electrons. The van der Waals surface area contributed by atoms with E-state index in [1.165, 1.54) is 37.8 Å². The van der Waals surface area contributed by atoms with Gasteiger partial charge in [-0.05, 0) is 36.8 Å². The molecule has 3 rings (SSSR count). The third kappa shape index (κ3) is 3.77. The molecule has 0 radical (unpaired) electrons. The fourth-order valence-electron chi connectivity index (χ4n) is 3.82. The Bertz CT molecular complexity index is 507. The van der Waals surface area contributed by atoms with Gasteiger partial charge in [0.25, 0.3) is 0 Å². The molecule has 1 N–H and O–H groups in total. The van der Waals surface area contributed by atoms with Crippen LogP contribution in [0.25, 0.3) is 0 Å². The second-order valence-corrected chi connectivity index (χ2v) is 6.94. The van der Waals surface area contributed by atoms with Crippen LogP contribution in [-0.2, 0) is 0 Å². The van der Waals surface area contributed by atoms with Crippen LogP contribution in [0.2, 0.25) is 0 Å². The Labute approximate surface area is 139 Å². The number of piperazine rings is 1. The van der Waals surface area contributed by atoms with Gasteiger partial charge in [0.2, 0.25) is 0 Å². The Balaban J connectivity index is 1.45. The Kier molecular flexibility index (Phi) is 5.03. The smallest absolute Gasteiger partial charge is 0.317 e. The van der Waals surface area contributed by atoms with Crippen molar-refractivity contribution in [2.45, 2.75) is 39.0 Å². The number of aromatic nitrogens is 1. The van der Waals surface area contributed by atoms with Gasteiger partial charge in [-0.2, -0.15) is 0 Å². The standard InChI is InChI=1S/C18H28N4O/c1-2-6-18(7-3-8-18)15-20-17(23)22-13-11-21(12-14-22)16-4-9-19-10-5-16/h4-5,9-10H,2-3,6-8,11-15H2,1H3,(H,20,23). The largest absolute Gasteiger partial charge is 0.368 e. The number of hydrogen-bond donors (Lipinski definition) is 1. The molecule has 0 aromatic carbocycles. The van der Waals surface area contributed by atoms with E-state index in [4.69, 9.17) is 0 Å². The summed E-state index contributed by atoms with van der Waals surface area (Å²) in [6, 6.07) is 4.17. The van der Waals surface area contributed by atoms with E-state index in [9.17, 15) is 4.79 Å². The monoisotopic (exact) mass is 316 g/mol. The molecule has 0 atom stereocenters. The minimum Gasteiger partial charge on any atom is -0.368 e. The average Bonchev–Trinajstić information content (AvgIpc) is 2.58. The summed E-state index contributed by atoms with van der Waals surface area (Å²) in [6.07, 6.45) is 9.96. The highest BCUT2D eigenvalue weighted by atomic mass is 16.2. The summed E-state index contributed by atoms with van der Waals surface area (Å²) in [5, 5.41) is 3.19. The highest BCUT2D eigenvalue weighted by Gasteiger charge is 2.36. The Hall–Kier alpha value is -1.78. The Morgan fingerprint density at radius 3 is 2.48 bits per heavy atom. The molecule has 1 saturated heterocycles. The van der Waals surface area contributed by atoms with Crippen molar-refractivity contribution in [1.82, 2.24) is 15.2 Å². The van der Waals surface area contributed by atoms with Crippen molar-refractivity contribution < 1.29 is 4.79 Å². The van der Waals surface area contributed by atoms with E-state index >= 15 is 0 Å². The minimum absolute atomic E-state index is 0.113. The molecule has 0 bridgehead atoms. The fourth-order valence-corrected chi connectivity index (χ4v) is 3.82. The van der Waals surface area contributed by atoms with Crippen molar-refractivity contribution in [2.75, 3.05) is 37.6 Å². The Morgan fingerprint density at radius 1 is 1.22 bits per heavy atom. The zero-order valence-electron chi connectivity index (χ0n) is 14.1. The average molecular weight is 316 g/mol. The van der Waals surface area contributed by atoms with Crippen molar-refractivity contribution >= 4 is 11.7 Å². The summed E-state index contributed by atoms with van der Waals surface area (Å²) in [5.74, 6) is 0. The van der Waals surface area contributed by atoms with Crippen LogP contribution in [0.5, 0.6) is 0 Å². The molecule has 2 amide bonds. The molecule has 0 unspecified atom stereocenters. The SMILES string of the molecule is CCCC1(CNC(=O)N2CCN(c3ccncc3)CC2)CCC1. The first kappa shape index (κ1) is 16.1. The molecule has 1 aromatic heterocycles. The van der Waals surface area contributed by atoms with Gasteiger partial charge in [0.1, 0.15) is 0 Å². The molecule has 2 aliphatic rings. The number of rotatable bonds is 5. The van der Waals surface area contributed by atoms with E-state index in [1.54, 1.807) is 0 Å². The van der Waals surface area contributed by atoms with Gasteiger partial charge in [0.05, 0.1) is 0 Å². The molecule has 2 heterocycles. The normalized spacial score (nSPS) is 20.0. The predicted octanol–water partition coefficient (Wildman–Crippen LogP) is 2.88. The van der Waals surface area contributed by atoms with Crippen LogP contribution < -0.4 is 10.2 Å². The van der Waals surface area contributed by atoms with E-state index in [1.807, 2.05) is 29.4 Å². The van der Waals surface area contributed by atoms with Gasteiger partial charge in [-0.25, -0.2) is 4.79 Å². The predicted molar refractivity (Wildman–Crippen MR) is 92.6 cm³/mol. The zero-order chi connectivity index (χ0) is 16.1. The summed E-state index contributed by atoms with van der Waals surface area (Å²) in [4.78, 5) is 20.7. The molecule has 1 saturated carbocycles. The zero-order valence-corrected chi connectivity index (χ0v) is 14.1. The summed E-state index contributed by atoms with van der Waals surface area (Å²) in [6.45, 7) is 6.43. The summed E-state index contributed by atoms with van der Waals surface area (Å²) in [5.41, 5.74) is 1.58. The maximum atomic E-state index is 12.4. The molecule has 5 heteroatoms. The number of urea groups is 1. The summed E-state index contributed by atoms with van der Waals surface area (Å²) >= 11 is 0. The number of carbonyl (C=O) groups excluding carboxylic acids is 1. The number of amides is 2. The molecule has 5 nitrogen and oxygen atoms in total. The molecular weight excluding hydrogens is 288 g/mol. The number of nitrogens with one attached hydrogen (secondary N) is 1. The van der Waals surface area contributed by atoms with Gasteiger partial charge in [-0.1, -0.05) is 19.8 Å². The van der Waals surface area contributed by atoms with Crippen LogP contribution in [0.1, 0.15) is 39.0 Å². The lowest BCUT2D eigenvalue weighted by atomic mass is 9.66. The van der Waals surface area contributed by atoms with Crippen LogP contribution >= 0.6 is 0 Å². The van der Waals surface area contributed by atoms with Crippen molar-refractivity contribution in [1.29, 1.82) is 0 Å². The first-order valence-electron chi connectivity index (χ1n) is 8.90. The van der Waals surface area contributed by atoms with Gasteiger partial charge in [-0.15, -0.1) is 0 Å². The summed E-state index contributed by atoms with van der Waals surface area (Å²) < 4.78 is 0. The van der Waals surface area contributed by atoms with Crippen molar-refractivity contribution in [3.05, 3.63) is 24.5 Å². The number of pyridine rings is 1. The van der Waals surface area contributed by atoms with E-state index in [-0.39, 0.29) is 6.03 Å². The van der Waals surface area contributed by atoms with Crippen LogP contribution in [0.4, 0.5) is 10.5 Å². The quantitative estimate of drug-likeness (QED) is 0.908. The number of hydrogen-bond acceptors (Lipinski definition) is 3. The lowest BCUT2D eigenvalue weighted by molar-refractivity contribution is 0.112. The van der Waals surface area contributed by atoms with Crippen molar-refractivity contribution in [3.63, 3.8) is 0 Å². The van der Waals surface area contributed by atoms with Gasteiger partial charge in [0, 0.05) is 50.8 Å². The van der Waals surface area contributed by atoms with Crippen molar-refractivity contribution in [2.24, 2.45) is 5.41 Å². The van der Waals surface area contributed by atoms with Crippen LogP contribution in [-0.4, -0.2) is 48.6 Å². The highest BCUT2D eigenvalue weighted by molar-refractivity contribution is 5.74. The van der Waals surface area contributed by atoms with Gasteiger partial charge in [-0.3, -0.25) is 4.98 Å². The third-order valence-electron chi connectivity index (χ3n) is 5.40. The number of carbonyl (C=O) groups is 1. The minimum atomic E-state index is 0.113. The molecule has 1 aliphatic heterocycles. The van der Waals surface area contributed by atoms with Crippen LogP contribution in [0.15, 0.2) is 24.5 Å². The van der Waals surface area contributed by atoms with E-state index in [0.717, 1.165) is 32.7 Å². The topological polar surface area (TPSA) is 48.5 Å². The van der Waals surface area contributed by atoms with Crippen molar-refractivity contribution in [3.8, 4) is 0 Å². The lowest BCUT2D eigenvalue weighted by Crippen LogP contribution is -2.53. The van der Waals surface area contributed by atoms with E-state index in [2.05, 4.69) is 22.1 Å². The van der Waals surface area contributed by atoms with Crippen LogP contribution in [0.3, 0.4) is 0 Å². The molecule has 2 fully saturated rings. The molecule has 23 heavy (non-hydrogen) atoms. The maximum Gasteiger partial charge on any atom is 0.317 e. The second-order valence-electron chi connectivity index (χ2n) is 6.94. The third-order valence-corrected chi connectivity index (χ3v) is 5.40. The lowest BCUT2D eigenvalue weighted by Gasteiger charge is -2.43.